The molecule has 100 valence electrons. The quantitative estimate of drug-likeness (QED) is 0.509. The number of hydrogen-bond donors (Lipinski definition) is 1. The highest BCUT2D eigenvalue weighted by Crippen LogP contribution is 2.16. The maximum atomic E-state index is 12.0. The summed E-state index contributed by atoms with van der Waals surface area (Å²) in [5.41, 5.74) is 0.577. The van der Waals surface area contributed by atoms with Gasteiger partial charge in [0.15, 0.2) is 5.57 Å². The second kappa shape index (κ2) is 7.45. The van der Waals surface area contributed by atoms with Crippen LogP contribution in [-0.4, -0.2) is 12.5 Å². The highest BCUT2D eigenvalue weighted by atomic mass is 35.5. The lowest BCUT2D eigenvalue weighted by Crippen LogP contribution is -2.16. The topological polar surface area (TPSA) is 62.1 Å². The summed E-state index contributed by atoms with van der Waals surface area (Å²) in [4.78, 5) is 12.0. The Bertz CT molecular complexity index is 515. The number of rotatable bonds is 5. The molecule has 0 spiro atoms. The number of anilines is 1. The van der Waals surface area contributed by atoms with Crippen LogP contribution >= 0.6 is 11.6 Å². The van der Waals surface area contributed by atoms with E-state index in [1.165, 1.54) is 0 Å². The molecule has 0 aliphatic heterocycles. The molecule has 1 amide bonds. The molecule has 0 saturated carbocycles. The first-order chi connectivity index (χ1) is 9.12. The molecule has 0 bridgehead atoms. The van der Waals surface area contributed by atoms with E-state index >= 15 is 0 Å². The Morgan fingerprint density at radius 1 is 1.37 bits per heavy atom. The second-order valence-electron chi connectivity index (χ2n) is 3.66. The van der Waals surface area contributed by atoms with E-state index in [4.69, 9.17) is 21.6 Å². The fourth-order valence-electron chi connectivity index (χ4n) is 1.49. The monoisotopic (exact) mass is 278 g/mol. The lowest BCUT2D eigenvalue weighted by atomic mass is 10.2. The molecule has 0 fully saturated rings. The molecule has 1 rings (SSSR count). The fourth-order valence-corrected chi connectivity index (χ4v) is 1.62. The molecule has 0 aliphatic rings. The second-order valence-corrected chi connectivity index (χ2v) is 4.09. The molecule has 5 heteroatoms. The van der Waals surface area contributed by atoms with Crippen LogP contribution in [-0.2, 0) is 9.53 Å². The third-order valence-electron chi connectivity index (χ3n) is 2.36. The minimum absolute atomic E-state index is 0.000648. The Morgan fingerprint density at radius 3 is 2.47 bits per heavy atom. The van der Waals surface area contributed by atoms with Crippen LogP contribution < -0.4 is 5.32 Å². The van der Waals surface area contributed by atoms with E-state index in [-0.39, 0.29) is 5.57 Å². The Hall–Kier alpha value is -1.99. The van der Waals surface area contributed by atoms with Crippen molar-refractivity contribution in [2.24, 2.45) is 0 Å². The van der Waals surface area contributed by atoms with Gasteiger partial charge >= 0.3 is 0 Å². The first-order valence-electron chi connectivity index (χ1n) is 5.95. The van der Waals surface area contributed by atoms with Crippen molar-refractivity contribution in [2.45, 2.75) is 20.3 Å². The number of ether oxygens (including phenoxy) is 1. The van der Waals surface area contributed by atoms with Crippen molar-refractivity contribution >= 4 is 23.2 Å². The highest BCUT2D eigenvalue weighted by Gasteiger charge is 2.15. The molecule has 0 radical (unpaired) electrons. The zero-order valence-electron chi connectivity index (χ0n) is 10.9. The molecule has 1 aromatic rings. The lowest BCUT2D eigenvalue weighted by Gasteiger charge is -2.10. The van der Waals surface area contributed by atoms with Gasteiger partial charge in [-0.2, -0.15) is 5.26 Å². The SMILES string of the molecule is CCO/C(CC)=C(/C#N)C(=O)Nc1ccc(Cl)cc1. The van der Waals surface area contributed by atoms with Gasteiger partial charge in [-0.25, -0.2) is 0 Å². The number of hydrogen-bond acceptors (Lipinski definition) is 3. The molecular formula is C14H15ClN2O2. The van der Waals surface area contributed by atoms with Gasteiger partial charge < -0.3 is 10.1 Å². The molecule has 0 unspecified atom stereocenters. The van der Waals surface area contributed by atoms with Crippen LogP contribution in [0.2, 0.25) is 5.02 Å². The highest BCUT2D eigenvalue weighted by molar-refractivity contribution is 6.30. The van der Waals surface area contributed by atoms with E-state index in [0.717, 1.165) is 0 Å². The largest absolute Gasteiger partial charge is 0.497 e. The Kier molecular flexibility index (Phi) is 5.91. The van der Waals surface area contributed by atoms with E-state index in [2.05, 4.69) is 5.32 Å². The Balaban J connectivity index is 2.91. The summed E-state index contributed by atoms with van der Waals surface area (Å²) < 4.78 is 5.30. The molecule has 0 atom stereocenters. The molecule has 1 N–H and O–H groups in total. The number of carbonyl (C=O) groups is 1. The van der Waals surface area contributed by atoms with Gasteiger partial charge in [-0.05, 0) is 31.2 Å². The van der Waals surface area contributed by atoms with Crippen molar-refractivity contribution in [3.05, 3.63) is 40.6 Å². The van der Waals surface area contributed by atoms with Crippen molar-refractivity contribution in [1.82, 2.24) is 0 Å². The summed E-state index contributed by atoms with van der Waals surface area (Å²) in [5, 5.41) is 12.3. The van der Waals surface area contributed by atoms with Gasteiger partial charge in [0.1, 0.15) is 11.8 Å². The number of halogens is 1. The van der Waals surface area contributed by atoms with E-state index < -0.39 is 5.91 Å². The molecule has 0 saturated heterocycles. The standard InChI is InChI=1S/C14H15ClN2O2/c1-3-13(19-4-2)12(9-16)14(18)17-11-7-5-10(15)6-8-11/h5-8H,3-4H2,1-2H3,(H,17,18)/b13-12-. The van der Waals surface area contributed by atoms with Crippen LogP contribution in [0.5, 0.6) is 0 Å². The summed E-state index contributed by atoms with van der Waals surface area (Å²) in [5.74, 6) is -0.0772. The maximum absolute atomic E-state index is 12.0. The normalized spacial score (nSPS) is 11.3. The van der Waals surface area contributed by atoms with E-state index in [1.54, 1.807) is 24.3 Å². The molecule has 0 aliphatic carbocycles. The number of nitriles is 1. The van der Waals surface area contributed by atoms with Crippen LogP contribution in [0, 0.1) is 11.3 Å². The Morgan fingerprint density at radius 2 is 2.00 bits per heavy atom. The number of benzene rings is 1. The predicted molar refractivity (Wildman–Crippen MR) is 74.6 cm³/mol. The summed E-state index contributed by atoms with van der Waals surface area (Å²) in [7, 11) is 0. The van der Waals surface area contributed by atoms with Gasteiger partial charge in [0.2, 0.25) is 0 Å². The minimum Gasteiger partial charge on any atom is -0.497 e. The average molecular weight is 279 g/mol. The first-order valence-corrected chi connectivity index (χ1v) is 6.33. The predicted octanol–water partition coefficient (Wildman–Crippen LogP) is 3.50. The van der Waals surface area contributed by atoms with Gasteiger partial charge in [0.05, 0.1) is 6.61 Å². The minimum atomic E-state index is -0.477. The molecule has 19 heavy (non-hydrogen) atoms. The van der Waals surface area contributed by atoms with Gasteiger partial charge in [-0.3, -0.25) is 4.79 Å². The zero-order valence-corrected chi connectivity index (χ0v) is 11.6. The van der Waals surface area contributed by atoms with Crippen LogP contribution in [0.25, 0.3) is 0 Å². The Labute approximate surface area is 117 Å². The zero-order chi connectivity index (χ0) is 14.3. The van der Waals surface area contributed by atoms with Crippen molar-refractivity contribution in [1.29, 1.82) is 5.26 Å². The van der Waals surface area contributed by atoms with Crippen molar-refractivity contribution in [2.75, 3.05) is 11.9 Å². The van der Waals surface area contributed by atoms with Gasteiger partial charge in [0, 0.05) is 17.1 Å². The summed E-state index contributed by atoms with van der Waals surface area (Å²) >= 11 is 5.76. The van der Waals surface area contributed by atoms with Crippen LogP contribution in [0.4, 0.5) is 5.69 Å². The fraction of sp³-hybridized carbons (Fsp3) is 0.286. The number of nitrogens with one attached hydrogen (secondary N) is 1. The van der Waals surface area contributed by atoms with Gasteiger partial charge in [-0.1, -0.05) is 18.5 Å². The first kappa shape index (κ1) is 15.1. The molecule has 0 heterocycles. The average Bonchev–Trinajstić information content (AvgIpc) is 2.41. The third-order valence-corrected chi connectivity index (χ3v) is 2.61. The van der Waals surface area contributed by atoms with Crippen molar-refractivity contribution in [3.8, 4) is 6.07 Å². The lowest BCUT2D eigenvalue weighted by molar-refractivity contribution is -0.112. The molecule has 0 aromatic heterocycles. The third kappa shape index (κ3) is 4.31. The van der Waals surface area contributed by atoms with E-state index in [0.29, 0.717) is 29.5 Å². The van der Waals surface area contributed by atoms with Crippen molar-refractivity contribution in [3.63, 3.8) is 0 Å². The maximum Gasteiger partial charge on any atom is 0.269 e. The van der Waals surface area contributed by atoms with Crippen LogP contribution in [0.15, 0.2) is 35.6 Å². The van der Waals surface area contributed by atoms with Gasteiger partial charge in [-0.15, -0.1) is 0 Å². The van der Waals surface area contributed by atoms with E-state index in [1.807, 2.05) is 19.9 Å². The molecular weight excluding hydrogens is 264 g/mol. The number of allylic oxidation sites excluding steroid dienone is 1. The number of amides is 1. The number of carbonyl (C=O) groups excluding carboxylic acids is 1. The van der Waals surface area contributed by atoms with Crippen molar-refractivity contribution < 1.29 is 9.53 Å². The van der Waals surface area contributed by atoms with Gasteiger partial charge in [0.25, 0.3) is 5.91 Å². The smallest absolute Gasteiger partial charge is 0.269 e. The number of nitrogens with zero attached hydrogens (tertiary/aromatic N) is 1. The molecule has 4 nitrogen and oxygen atoms in total. The van der Waals surface area contributed by atoms with Crippen LogP contribution in [0.1, 0.15) is 20.3 Å². The summed E-state index contributed by atoms with van der Waals surface area (Å²) in [6.45, 7) is 4.06. The van der Waals surface area contributed by atoms with Crippen LogP contribution in [0.3, 0.4) is 0 Å². The summed E-state index contributed by atoms with van der Waals surface area (Å²) in [6, 6.07) is 8.55. The van der Waals surface area contributed by atoms with E-state index in [9.17, 15) is 4.79 Å². The molecule has 1 aromatic carbocycles. The summed E-state index contributed by atoms with van der Waals surface area (Å²) in [6.07, 6.45) is 0.491.